The minimum absolute atomic E-state index is 0.0192. The Morgan fingerprint density at radius 3 is 2.56 bits per heavy atom. The highest BCUT2D eigenvalue weighted by atomic mass is 35.5. The molecule has 0 radical (unpaired) electrons. The third-order valence-electron chi connectivity index (χ3n) is 4.65. The third kappa shape index (κ3) is 4.06. The first-order valence-corrected chi connectivity index (χ1v) is 11.0. The summed E-state index contributed by atoms with van der Waals surface area (Å²) in [5.74, 6) is -1.50. The molecule has 164 valence electrons. The van der Waals surface area contributed by atoms with E-state index in [1.807, 2.05) is 0 Å². The molecule has 0 saturated heterocycles. The fourth-order valence-corrected chi connectivity index (χ4v) is 4.74. The number of nitrogens with one attached hydrogen (secondary N) is 1. The molecule has 0 saturated carbocycles. The zero-order valence-electron chi connectivity index (χ0n) is 16.7. The van der Waals surface area contributed by atoms with Crippen LogP contribution in [0.4, 0.5) is 14.6 Å². The van der Waals surface area contributed by atoms with E-state index < -0.39 is 27.7 Å². The fourth-order valence-electron chi connectivity index (χ4n) is 3.21. The summed E-state index contributed by atoms with van der Waals surface area (Å²) in [4.78, 5) is 11.1. The molecule has 11 heteroatoms. The molecule has 1 N–H and O–H groups in total. The number of aryl methyl sites for hydroxylation is 1. The number of nitrogens with zero attached hydrogens (tertiary/aromatic N) is 3. The van der Waals surface area contributed by atoms with E-state index in [-0.39, 0.29) is 21.4 Å². The summed E-state index contributed by atoms with van der Waals surface area (Å²) < 4.78 is 61.0. The van der Waals surface area contributed by atoms with Crippen LogP contribution in [0.15, 0.2) is 53.6 Å². The first kappa shape index (κ1) is 21.8. The van der Waals surface area contributed by atoms with Crippen LogP contribution in [-0.2, 0) is 10.0 Å². The van der Waals surface area contributed by atoms with Gasteiger partial charge in [0.05, 0.1) is 17.6 Å². The van der Waals surface area contributed by atoms with E-state index in [2.05, 4.69) is 19.7 Å². The summed E-state index contributed by atoms with van der Waals surface area (Å²) in [6.45, 7) is 1.72. The Kier molecular flexibility index (Phi) is 5.66. The number of benzene rings is 2. The molecule has 32 heavy (non-hydrogen) atoms. The van der Waals surface area contributed by atoms with Gasteiger partial charge in [0, 0.05) is 17.1 Å². The van der Waals surface area contributed by atoms with Crippen LogP contribution in [0.25, 0.3) is 22.0 Å². The molecular formula is C21H15ClF2N4O3S. The second kappa shape index (κ2) is 8.29. The number of anilines is 1. The number of halogens is 3. The van der Waals surface area contributed by atoms with Crippen molar-refractivity contribution in [3.05, 3.63) is 71.1 Å². The molecule has 0 atom stereocenters. The van der Waals surface area contributed by atoms with Crippen molar-refractivity contribution in [2.24, 2.45) is 0 Å². The lowest BCUT2D eigenvalue weighted by Gasteiger charge is -2.14. The minimum Gasteiger partial charge on any atom is -0.480 e. The van der Waals surface area contributed by atoms with Crippen LogP contribution in [0.3, 0.4) is 0 Å². The van der Waals surface area contributed by atoms with E-state index in [4.69, 9.17) is 16.3 Å². The van der Waals surface area contributed by atoms with Crippen molar-refractivity contribution < 1.29 is 21.9 Å². The summed E-state index contributed by atoms with van der Waals surface area (Å²) in [6, 6.07) is 10.2. The van der Waals surface area contributed by atoms with Gasteiger partial charge in [0.2, 0.25) is 5.88 Å². The molecule has 0 amide bonds. The van der Waals surface area contributed by atoms with Crippen LogP contribution in [0, 0.1) is 18.8 Å². The molecule has 2 aromatic heterocycles. The first-order valence-electron chi connectivity index (χ1n) is 9.15. The molecule has 4 rings (SSSR count). The maximum atomic E-state index is 14.9. The summed E-state index contributed by atoms with van der Waals surface area (Å²) in [6.07, 6.45) is 0.463. The minimum atomic E-state index is -4.20. The van der Waals surface area contributed by atoms with Crippen LogP contribution in [0.1, 0.15) is 5.56 Å². The van der Waals surface area contributed by atoms with Gasteiger partial charge in [-0.15, -0.1) is 0 Å². The summed E-state index contributed by atoms with van der Waals surface area (Å²) in [5.41, 5.74) is 1.82. The van der Waals surface area contributed by atoms with Crippen molar-refractivity contribution in [3.63, 3.8) is 0 Å². The normalized spacial score (nSPS) is 11.5. The van der Waals surface area contributed by atoms with E-state index >= 15 is 0 Å². The molecule has 4 aromatic rings. The van der Waals surface area contributed by atoms with Gasteiger partial charge >= 0.3 is 6.08 Å². The quantitative estimate of drug-likeness (QED) is 0.418. The molecule has 2 heterocycles. The van der Waals surface area contributed by atoms with Crippen LogP contribution >= 0.6 is 11.6 Å². The largest absolute Gasteiger partial charge is 0.480 e. The zero-order valence-corrected chi connectivity index (χ0v) is 18.3. The maximum Gasteiger partial charge on any atom is 0.309 e. The van der Waals surface area contributed by atoms with Gasteiger partial charge in [-0.25, -0.2) is 22.8 Å². The highest BCUT2D eigenvalue weighted by Gasteiger charge is 2.22. The number of fused-ring (bicyclic) bond motifs is 1. The Bertz CT molecular complexity index is 1470. The number of hydrogen-bond acceptors (Lipinski definition) is 6. The Labute approximate surface area is 187 Å². The van der Waals surface area contributed by atoms with E-state index in [0.717, 1.165) is 6.07 Å². The van der Waals surface area contributed by atoms with E-state index in [1.165, 1.54) is 31.5 Å². The Morgan fingerprint density at radius 2 is 1.84 bits per heavy atom. The third-order valence-corrected chi connectivity index (χ3v) is 6.49. The predicted octanol–water partition coefficient (Wildman–Crippen LogP) is 4.74. The smallest absolute Gasteiger partial charge is 0.309 e. The van der Waals surface area contributed by atoms with Gasteiger partial charge in [0.25, 0.3) is 10.0 Å². The standard InChI is InChI=1S/C21H15ClF2N4O3S/c1-11-7-12(8-13-10-25-21(24)26-18(11)13)14-9-16(23)19(27-20(14)31-2)28-32(29,30)17-6-4-3-5-15(17)22/h3-10H,1-2H3,(H,27,28). The number of hydrogen-bond donors (Lipinski definition) is 1. The summed E-state index contributed by atoms with van der Waals surface area (Å²) in [7, 11) is -2.88. The van der Waals surface area contributed by atoms with Crippen LogP contribution in [0.2, 0.25) is 5.02 Å². The van der Waals surface area contributed by atoms with E-state index in [9.17, 15) is 17.2 Å². The average Bonchev–Trinajstić information content (AvgIpc) is 2.75. The van der Waals surface area contributed by atoms with Crippen molar-refractivity contribution in [2.45, 2.75) is 11.8 Å². The van der Waals surface area contributed by atoms with Crippen molar-refractivity contribution in [2.75, 3.05) is 11.8 Å². The lowest BCUT2D eigenvalue weighted by molar-refractivity contribution is 0.398. The highest BCUT2D eigenvalue weighted by Crippen LogP contribution is 2.35. The van der Waals surface area contributed by atoms with Crippen molar-refractivity contribution in [1.82, 2.24) is 15.0 Å². The van der Waals surface area contributed by atoms with Crippen molar-refractivity contribution >= 4 is 38.3 Å². The van der Waals surface area contributed by atoms with Gasteiger partial charge < -0.3 is 4.74 Å². The highest BCUT2D eigenvalue weighted by molar-refractivity contribution is 7.92. The molecule has 0 aliphatic heterocycles. The maximum absolute atomic E-state index is 14.9. The second-order valence-electron chi connectivity index (χ2n) is 6.78. The van der Waals surface area contributed by atoms with Gasteiger partial charge in [-0.3, -0.25) is 4.72 Å². The number of aromatic nitrogens is 3. The van der Waals surface area contributed by atoms with Crippen molar-refractivity contribution in [1.29, 1.82) is 0 Å². The first-order chi connectivity index (χ1) is 15.2. The molecule has 0 unspecified atom stereocenters. The molecule has 0 bridgehead atoms. The number of rotatable bonds is 5. The molecule has 7 nitrogen and oxygen atoms in total. The lowest BCUT2D eigenvalue weighted by atomic mass is 10.0. The Balaban J connectivity index is 1.79. The van der Waals surface area contributed by atoms with E-state index in [0.29, 0.717) is 22.0 Å². The molecule has 0 fully saturated rings. The van der Waals surface area contributed by atoms with Gasteiger partial charge in [0.15, 0.2) is 11.6 Å². The SMILES string of the molecule is COc1nc(NS(=O)(=O)c2ccccc2Cl)c(F)cc1-c1cc(C)c2nc(F)ncc2c1. The Morgan fingerprint density at radius 1 is 1.09 bits per heavy atom. The number of pyridine rings is 1. The summed E-state index contributed by atoms with van der Waals surface area (Å²) in [5, 5.41) is 0.515. The molecule has 0 aliphatic carbocycles. The molecular weight excluding hydrogens is 462 g/mol. The molecule has 0 spiro atoms. The van der Waals surface area contributed by atoms with Gasteiger partial charge in [-0.05, 0) is 48.4 Å². The second-order valence-corrected chi connectivity index (χ2v) is 8.84. The van der Waals surface area contributed by atoms with Crippen LogP contribution in [-0.4, -0.2) is 30.5 Å². The van der Waals surface area contributed by atoms with E-state index in [1.54, 1.807) is 25.1 Å². The monoisotopic (exact) mass is 476 g/mol. The number of sulfonamides is 1. The molecule has 2 aromatic carbocycles. The summed E-state index contributed by atoms with van der Waals surface area (Å²) >= 11 is 5.96. The van der Waals surface area contributed by atoms with Crippen LogP contribution < -0.4 is 9.46 Å². The fraction of sp³-hybridized carbons (Fsp3) is 0.0952. The Hall–Kier alpha value is -3.37. The average molecular weight is 477 g/mol. The lowest BCUT2D eigenvalue weighted by Crippen LogP contribution is -2.16. The van der Waals surface area contributed by atoms with Gasteiger partial charge in [-0.2, -0.15) is 9.37 Å². The van der Waals surface area contributed by atoms with Gasteiger partial charge in [-0.1, -0.05) is 23.7 Å². The van der Waals surface area contributed by atoms with Gasteiger partial charge in [0.1, 0.15) is 4.90 Å². The molecule has 0 aliphatic rings. The zero-order chi connectivity index (χ0) is 23.0. The number of ether oxygens (including phenoxy) is 1. The van der Waals surface area contributed by atoms with Crippen molar-refractivity contribution in [3.8, 4) is 17.0 Å². The van der Waals surface area contributed by atoms with Crippen LogP contribution in [0.5, 0.6) is 5.88 Å². The topological polar surface area (TPSA) is 94.1 Å². The number of methoxy groups -OCH3 is 1. The predicted molar refractivity (Wildman–Crippen MR) is 116 cm³/mol.